The van der Waals surface area contributed by atoms with Gasteiger partial charge in [-0.15, -0.1) is 0 Å². The summed E-state index contributed by atoms with van der Waals surface area (Å²) in [7, 11) is 0. The summed E-state index contributed by atoms with van der Waals surface area (Å²) >= 11 is 0. The van der Waals surface area contributed by atoms with Gasteiger partial charge in [-0.25, -0.2) is 0 Å². The van der Waals surface area contributed by atoms with E-state index in [2.05, 4.69) is 11.8 Å². The summed E-state index contributed by atoms with van der Waals surface area (Å²) < 4.78 is 0. The van der Waals surface area contributed by atoms with Crippen LogP contribution in [0.15, 0.2) is 0 Å². The van der Waals surface area contributed by atoms with Crippen LogP contribution in [0.25, 0.3) is 0 Å². The lowest BCUT2D eigenvalue weighted by molar-refractivity contribution is -0.143. The molecule has 2 saturated carbocycles. The van der Waals surface area contributed by atoms with E-state index in [9.17, 15) is 9.90 Å². The van der Waals surface area contributed by atoms with E-state index < -0.39 is 5.97 Å². The van der Waals surface area contributed by atoms with Gasteiger partial charge < -0.3 is 5.11 Å². The van der Waals surface area contributed by atoms with E-state index in [1.807, 2.05) is 0 Å². The van der Waals surface area contributed by atoms with Gasteiger partial charge >= 0.3 is 5.97 Å². The first kappa shape index (κ1) is 14.4. The van der Waals surface area contributed by atoms with Gasteiger partial charge in [0.05, 0.1) is 0 Å². The van der Waals surface area contributed by atoms with Crippen LogP contribution in [-0.2, 0) is 4.79 Å². The highest BCUT2D eigenvalue weighted by Gasteiger charge is 2.45. The van der Waals surface area contributed by atoms with Crippen molar-refractivity contribution in [2.75, 3.05) is 6.54 Å². The van der Waals surface area contributed by atoms with Crippen LogP contribution in [0.4, 0.5) is 0 Å². The lowest BCUT2D eigenvalue weighted by Gasteiger charge is -2.37. The summed E-state index contributed by atoms with van der Waals surface area (Å²) in [5.74, 6) is 1.65. The van der Waals surface area contributed by atoms with E-state index in [0.717, 1.165) is 24.8 Å². The van der Waals surface area contributed by atoms with Gasteiger partial charge in [0.2, 0.25) is 0 Å². The van der Waals surface area contributed by atoms with Gasteiger partial charge in [-0.05, 0) is 49.9 Å². The molecule has 1 saturated heterocycles. The molecule has 0 amide bonds. The van der Waals surface area contributed by atoms with E-state index >= 15 is 0 Å². The number of fused-ring (bicyclic) bond motifs is 1. The lowest BCUT2D eigenvalue weighted by atomic mass is 9.81. The zero-order valence-corrected chi connectivity index (χ0v) is 12.8. The van der Waals surface area contributed by atoms with Crippen LogP contribution in [-0.4, -0.2) is 34.6 Å². The highest BCUT2D eigenvalue weighted by atomic mass is 16.4. The average Bonchev–Trinajstić information content (AvgIpc) is 2.78. The molecule has 1 aliphatic heterocycles. The molecule has 3 heteroatoms. The van der Waals surface area contributed by atoms with E-state index in [1.165, 1.54) is 51.4 Å². The molecule has 5 atom stereocenters. The van der Waals surface area contributed by atoms with E-state index in [-0.39, 0.29) is 6.04 Å². The molecule has 3 nitrogen and oxygen atoms in total. The molecule has 20 heavy (non-hydrogen) atoms. The summed E-state index contributed by atoms with van der Waals surface area (Å²) in [6, 6.07) is 0.377. The second-order valence-corrected chi connectivity index (χ2v) is 7.54. The first-order valence-electron chi connectivity index (χ1n) is 8.63. The normalized spacial score (nSPS) is 42.4. The number of aliphatic carboxylic acids is 1. The van der Waals surface area contributed by atoms with Crippen molar-refractivity contribution in [3.8, 4) is 0 Å². The molecule has 2 aliphatic carbocycles. The summed E-state index contributed by atoms with van der Waals surface area (Å²) in [5.41, 5.74) is 0. The first-order chi connectivity index (χ1) is 9.65. The van der Waals surface area contributed by atoms with Crippen molar-refractivity contribution in [2.45, 2.75) is 76.8 Å². The Morgan fingerprint density at radius 3 is 2.65 bits per heavy atom. The average molecular weight is 279 g/mol. The number of carboxylic acid groups (broad SMARTS) is 1. The Bertz CT molecular complexity index is 357. The molecule has 1 N–H and O–H groups in total. The standard InChI is InChI=1S/C17H29NO2/c1-12-5-4-6-13(9-12)11-18-15-8-3-2-7-14(15)10-16(18)17(19)20/h12-16H,2-11H2,1H3,(H,19,20). The predicted molar refractivity (Wildman–Crippen MR) is 79.6 cm³/mol. The molecule has 3 rings (SSSR count). The Balaban J connectivity index is 1.68. The highest BCUT2D eigenvalue weighted by Crippen LogP contribution is 2.41. The van der Waals surface area contributed by atoms with Crippen molar-refractivity contribution in [3.05, 3.63) is 0 Å². The molecule has 1 heterocycles. The van der Waals surface area contributed by atoms with Crippen molar-refractivity contribution in [1.82, 2.24) is 4.90 Å². The van der Waals surface area contributed by atoms with Crippen LogP contribution in [0.5, 0.6) is 0 Å². The van der Waals surface area contributed by atoms with Crippen molar-refractivity contribution < 1.29 is 9.90 Å². The Kier molecular flexibility index (Phi) is 4.34. The summed E-state index contributed by atoms with van der Waals surface area (Å²) in [5, 5.41) is 9.57. The molecule has 0 aromatic rings. The maximum absolute atomic E-state index is 11.6. The molecule has 0 radical (unpaired) electrons. The number of rotatable bonds is 3. The number of likely N-dealkylation sites (tertiary alicyclic amines) is 1. The Morgan fingerprint density at radius 2 is 1.90 bits per heavy atom. The maximum Gasteiger partial charge on any atom is 0.320 e. The third-order valence-electron chi connectivity index (χ3n) is 6.02. The summed E-state index contributed by atoms with van der Waals surface area (Å²) in [6.07, 6.45) is 11.3. The SMILES string of the molecule is CC1CCCC(CN2C(C(=O)O)CC3CCCCC32)C1. The topological polar surface area (TPSA) is 40.5 Å². The summed E-state index contributed by atoms with van der Waals surface area (Å²) in [6.45, 7) is 3.40. The van der Waals surface area contributed by atoms with Crippen LogP contribution in [0, 0.1) is 17.8 Å². The second kappa shape index (κ2) is 6.05. The van der Waals surface area contributed by atoms with Crippen LogP contribution >= 0.6 is 0 Å². The number of nitrogens with zero attached hydrogens (tertiary/aromatic N) is 1. The number of carboxylic acids is 1. The summed E-state index contributed by atoms with van der Waals surface area (Å²) in [4.78, 5) is 14.0. The minimum atomic E-state index is -0.580. The minimum absolute atomic E-state index is 0.194. The van der Waals surface area contributed by atoms with Gasteiger partial charge in [0, 0.05) is 12.6 Å². The highest BCUT2D eigenvalue weighted by molar-refractivity contribution is 5.74. The van der Waals surface area contributed by atoms with Gasteiger partial charge in [0.15, 0.2) is 0 Å². The first-order valence-corrected chi connectivity index (χ1v) is 8.63. The van der Waals surface area contributed by atoms with Gasteiger partial charge in [-0.1, -0.05) is 32.6 Å². The third kappa shape index (κ3) is 2.88. The van der Waals surface area contributed by atoms with Crippen molar-refractivity contribution in [2.24, 2.45) is 17.8 Å². The fourth-order valence-corrected chi connectivity index (χ4v) is 5.08. The minimum Gasteiger partial charge on any atom is -0.480 e. The lowest BCUT2D eigenvalue weighted by Crippen LogP contribution is -2.45. The smallest absolute Gasteiger partial charge is 0.320 e. The molecule has 3 aliphatic rings. The number of hydrogen-bond donors (Lipinski definition) is 1. The monoisotopic (exact) mass is 279 g/mol. The maximum atomic E-state index is 11.6. The molecule has 5 unspecified atom stereocenters. The third-order valence-corrected chi connectivity index (χ3v) is 6.02. The van der Waals surface area contributed by atoms with Gasteiger partial charge in [-0.2, -0.15) is 0 Å². The van der Waals surface area contributed by atoms with Gasteiger partial charge in [0.1, 0.15) is 6.04 Å². The molecule has 0 spiro atoms. The number of carbonyl (C=O) groups is 1. The molecule has 0 aromatic heterocycles. The molecular weight excluding hydrogens is 250 g/mol. The molecule has 3 fully saturated rings. The van der Waals surface area contributed by atoms with E-state index in [0.29, 0.717) is 12.0 Å². The largest absolute Gasteiger partial charge is 0.480 e. The van der Waals surface area contributed by atoms with Crippen molar-refractivity contribution in [3.63, 3.8) is 0 Å². The van der Waals surface area contributed by atoms with Gasteiger partial charge in [-0.3, -0.25) is 9.69 Å². The predicted octanol–water partition coefficient (Wildman–Crippen LogP) is 3.53. The molecular formula is C17H29NO2. The van der Waals surface area contributed by atoms with Crippen molar-refractivity contribution >= 4 is 5.97 Å². The van der Waals surface area contributed by atoms with Crippen LogP contribution in [0.3, 0.4) is 0 Å². The van der Waals surface area contributed by atoms with E-state index in [4.69, 9.17) is 0 Å². The molecule has 0 bridgehead atoms. The second-order valence-electron chi connectivity index (χ2n) is 7.54. The fourth-order valence-electron chi connectivity index (χ4n) is 5.08. The quantitative estimate of drug-likeness (QED) is 0.859. The molecule has 0 aromatic carbocycles. The zero-order chi connectivity index (χ0) is 14.1. The molecule has 114 valence electrons. The zero-order valence-electron chi connectivity index (χ0n) is 12.8. The Labute approximate surface area is 122 Å². The van der Waals surface area contributed by atoms with Crippen molar-refractivity contribution in [1.29, 1.82) is 0 Å². The van der Waals surface area contributed by atoms with Crippen LogP contribution in [0.1, 0.15) is 64.7 Å². The van der Waals surface area contributed by atoms with E-state index in [1.54, 1.807) is 0 Å². The number of hydrogen-bond acceptors (Lipinski definition) is 2. The Hall–Kier alpha value is -0.570. The van der Waals surface area contributed by atoms with Gasteiger partial charge in [0.25, 0.3) is 0 Å². The van der Waals surface area contributed by atoms with Crippen LogP contribution in [0.2, 0.25) is 0 Å². The Morgan fingerprint density at radius 1 is 1.10 bits per heavy atom. The van der Waals surface area contributed by atoms with Crippen LogP contribution < -0.4 is 0 Å². The fraction of sp³-hybridized carbons (Fsp3) is 0.941.